The summed E-state index contributed by atoms with van der Waals surface area (Å²) in [6, 6.07) is 0. The number of aromatic nitrogens is 1. The minimum atomic E-state index is -0.468. The molecule has 1 aromatic rings. The minimum Gasteiger partial charge on any atom is -0.461 e. The molecule has 0 spiro atoms. The molecule has 0 aromatic carbocycles. The molecular formula is C8H9NO3S. The zero-order valence-corrected chi connectivity index (χ0v) is 8.18. The highest BCUT2D eigenvalue weighted by Crippen LogP contribution is 2.16. The van der Waals surface area contributed by atoms with Gasteiger partial charge in [0.2, 0.25) is 0 Å². The highest BCUT2D eigenvalue weighted by Gasteiger charge is 2.15. The smallest absolute Gasteiger partial charge is 0.358 e. The van der Waals surface area contributed by atoms with Crippen LogP contribution in [0.2, 0.25) is 0 Å². The van der Waals surface area contributed by atoms with E-state index in [1.54, 1.807) is 13.8 Å². The molecule has 1 rings (SSSR count). The molecule has 0 N–H and O–H groups in total. The van der Waals surface area contributed by atoms with Gasteiger partial charge in [0, 0.05) is 4.88 Å². The first-order valence-electron chi connectivity index (χ1n) is 3.78. The zero-order valence-electron chi connectivity index (χ0n) is 7.36. The monoisotopic (exact) mass is 199 g/mol. The maximum atomic E-state index is 11.2. The Morgan fingerprint density at radius 1 is 1.69 bits per heavy atom. The molecule has 4 nitrogen and oxygen atoms in total. The number of esters is 1. The van der Waals surface area contributed by atoms with Gasteiger partial charge in [-0.05, 0) is 13.8 Å². The van der Waals surface area contributed by atoms with E-state index < -0.39 is 5.97 Å². The number of rotatable bonds is 3. The van der Waals surface area contributed by atoms with Crippen LogP contribution in [0.15, 0.2) is 0 Å². The standard InChI is InChI=1S/C8H9NO3S/c1-3-12-8(11)7-5(2)13-6(4-10)9-7/h4H,3H2,1-2H3. The molecule has 0 atom stereocenters. The quantitative estimate of drug-likeness (QED) is 0.546. The van der Waals surface area contributed by atoms with E-state index in [0.717, 1.165) is 0 Å². The van der Waals surface area contributed by atoms with E-state index in [4.69, 9.17) is 4.74 Å². The van der Waals surface area contributed by atoms with Crippen LogP contribution < -0.4 is 0 Å². The third-order valence-corrected chi connectivity index (χ3v) is 2.28. The van der Waals surface area contributed by atoms with E-state index in [0.29, 0.717) is 22.8 Å². The van der Waals surface area contributed by atoms with Crippen LogP contribution in [0, 0.1) is 6.92 Å². The predicted octanol–water partition coefficient (Wildman–Crippen LogP) is 1.44. The molecule has 0 amide bonds. The Labute approximate surface area is 79.6 Å². The molecule has 5 heteroatoms. The molecule has 0 aliphatic rings. The number of carbonyl (C=O) groups excluding carboxylic acids is 2. The Morgan fingerprint density at radius 3 is 2.85 bits per heavy atom. The second kappa shape index (κ2) is 4.13. The molecule has 0 radical (unpaired) electrons. The van der Waals surface area contributed by atoms with Crippen molar-refractivity contribution in [3.05, 3.63) is 15.6 Å². The summed E-state index contributed by atoms with van der Waals surface area (Å²) in [5.74, 6) is -0.468. The third-order valence-electron chi connectivity index (χ3n) is 1.38. The van der Waals surface area contributed by atoms with Crippen molar-refractivity contribution in [1.82, 2.24) is 4.98 Å². The van der Waals surface area contributed by atoms with Crippen molar-refractivity contribution in [2.24, 2.45) is 0 Å². The largest absolute Gasteiger partial charge is 0.461 e. The number of ether oxygens (including phenoxy) is 1. The average molecular weight is 199 g/mol. The lowest BCUT2D eigenvalue weighted by atomic mass is 10.4. The lowest BCUT2D eigenvalue weighted by Crippen LogP contribution is -2.06. The summed E-state index contributed by atoms with van der Waals surface area (Å²) in [5.41, 5.74) is 0.244. The molecular weight excluding hydrogens is 190 g/mol. The Morgan fingerprint density at radius 2 is 2.38 bits per heavy atom. The van der Waals surface area contributed by atoms with Crippen molar-refractivity contribution in [1.29, 1.82) is 0 Å². The fraction of sp³-hybridized carbons (Fsp3) is 0.375. The van der Waals surface area contributed by atoms with E-state index in [9.17, 15) is 9.59 Å². The fourth-order valence-corrected chi connectivity index (χ4v) is 1.58. The summed E-state index contributed by atoms with van der Waals surface area (Å²) in [6.45, 7) is 3.77. The van der Waals surface area contributed by atoms with Crippen molar-refractivity contribution >= 4 is 23.6 Å². The van der Waals surface area contributed by atoms with Gasteiger partial charge in [0.25, 0.3) is 0 Å². The number of nitrogens with zero attached hydrogens (tertiary/aromatic N) is 1. The molecule has 0 aliphatic heterocycles. The van der Waals surface area contributed by atoms with Crippen LogP contribution in [-0.4, -0.2) is 23.8 Å². The molecule has 1 aromatic heterocycles. The molecule has 70 valence electrons. The molecule has 1 heterocycles. The van der Waals surface area contributed by atoms with Gasteiger partial charge in [-0.1, -0.05) is 0 Å². The fourth-order valence-electron chi connectivity index (χ4n) is 0.856. The Balaban J connectivity index is 2.93. The topological polar surface area (TPSA) is 56.3 Å². The first-order chi connectivity index (χ1) is 6.19. The zero-order chi connectivity index (χ0) is 9.84. The van der Waals surface area contributed by atoms with Gasteiger partial charge >= 0.3 is 5.97 Å². The lowest BCUT2D eigenvalue weighted by Gasteiger charge is -1.97. The lowest BCUT2D eigenvalue weighted by molar-refractivity contribution is 0.0519. The Kier molecular flexibility index (Phi) is 3.13. The molecule has 0 saturated heterocycles. The number of hydrogen-bond donors (Lipinski definition) is 0. The predicted molar refractivity (Wildman–Crippen MR) is 48.2 cm³/mol. The summed E-state index contributed by atoms with van der Waals surface area (Å²) in [7, 11) is 0. The second-order valence-electron chi connectivity index (χ2n) is 2.30. The highest BCUT2D eigenvalue weighted by molar-refractivity contribution is 7.13. The van der Waals surface area contributed by atoms with E-state index in [1.165, 1.54) is 11.3 Å². The van der Waals surface area contributed by atoms with Gasteiger partial charge in [0.15, 0.2) is 17.0 Å². The first-order valence-corrected chi connectivity index (χ1v) is 4.60. The Hall–Kier alpha value is -1.23. The van der Waals surface area contributed by atoms with Crippen LogP contribution in [0.4, 0.5) is 0 Å². The van der Waals surface area contributed by atoms with Gasteiger partial charge in [0.1, 0.15) is 0 Å². The van der Waals surface area contributed by atoms with Gasteiger partial charge in [-0.3, -0.25) is 4.79 Å². The van der Waals surface area contributed by atoms with Gasteiger partial charge < -0.3 is 4.74 Å². The van der Waals surface area contributed by atoms with Crippen molar-refractivity contribution in [2.45, 2.75) is 13.8 Å². The molecule has 0 bridgehead atoms. The van der Waals surface area contributed by atoms with Crippen molar-refractivity contribution < 1.29 is 14.3 Å². The summed E-state index contributed by atoms with van der Waals surface area (Å²) in [6.07, 6.45) is 0.625. The summed E-state index contributed by atoms with van der Waals surface area (Å²) in [4.78, 5) is 26.1. The van der Waals surface area contributed by atoms with E-state index in [-0.39, 0.29) is 5.69 Å². The molecule has 0 aliphatic carbocycles. The molecule has 13 heavy (non-hydrogen) atoms. The van der Waals surface area contributed by atoms with Crippen LogP contribution in [-0.2, 0) is 4.74 Å². The third kappa shape index (κ3) is 2.12. The summed E-state index contributed by atoms with van der Waals surface area (Å²) in [5, 5.41) is 0.306. The number of carbonyl (C=O) groups is 2. The van der Waals surface area contributed by atoms with Crippen molar-refractivity contribution in [3.63, 3.8) is 0 Å². The summed E-state index contributed by atoms with van der Waals surface area (Å²) < 4.78 is 4.76. The van der Waals surface area contributed by atoms with Crippen LogP contribution in [0.5, 0.6) is 0 Å². The van der Waals surface area contributed by atoms with E-state index in [2.05, 4.69) is 4.98 Å². The molecule has 0 saturated carbocycles. The van der Waals surface area contributed by atoms with Crippen LogP contribution in [0.25, 0.3) is 0 Å². The van der Waals surface area contributed by atoms with Gasteiger partial charge in [0.05, 0.1) is 6.61 Å². The van der Waals surface area contributed by atoms with Crippen LogP contribution in [0.1, 0.15) is 32.1 Å². The van der Waals surface area contributed by atoms with Crippen molar-refractivity contribution in [3.8, 4) is 0 Å². The van der Waals surface area contributed by atoms with Crippen molar-refractivity contribution in [2.75, 3.05) is 6.61 Å². The number of thiazole rings is 1. The van der Waals surface area contributed by atoms with Gasteiger partial charge in [-0.2, -0.15) is 0 Å². The van der Waals surface area contributed by atoms with Crippen LogP contribution >= 0.6 is 11.3 Å². The number of aldehydes is 1. The SMILES string of the molecule is CCOC(=O)c1nc(C=O)sc1C. The van der Waals surface area contributed by atoms with E-state index in [1.807, 2.05) is 0 Å². The van der Waals surface area contributed by atoms with Gasteiger partial charge in [-0.25, -0.2) is 9.78 Å². The maximum Gasteiger partial charge on any atom is 0.358 e. The minimum absolute atomic E-state index is 0.244. The van der Waals surface area contributed by atoms with Crippen LogP contribution in [0.3, 0.4) is 0 Å². The first kappa shape index (κ1) is 9.85. The van der Waals surface area contributed by atoms with Gasteiger partial charge in [-0.15, -0.1) is 11.3 Å². The van der Waals surface area contributed by atoms with E-state index >= 15 is 0 Å². The normalized spacial score (nSPS) is 9.69. The summed E-state index contributed by atoms with van der Waals surface area (Å²) >= 11 is 1.19. The highest BCUT2D eigenvalue weighted by atomic mass is 32.1. The number of aryl methyl sites for hydroxylation is 1. The Bertz CT molecular complexity index is 332. The average Bonchev–Trinajstić information content (AvgIpc) is 2.47. The number of hydrogen-bond acceptors (Lipinski definition) is 5. The molecule has 0 unspecified atom stereocenters. The maximum absolute atomic E-state index is 11.2. The second-order valence-corrected chi connectivity index (χ2v) is 3.53. The molecule has 0 fully saturated rings.